The predicted molar refractivity (Wildman–Crippen MR) is 44.4 cm³/mol. The van der Waals surface area contributed by atoms with Crippen molar-refractivity contribution in [2.75, 3.05) is 0 Å². The quantitative estimate of drug-likeness (QED) is 0.605. The van der Waals surface area contributed by atoms with Crippen molar-refractivity contribution in [2.45, 2.75) is 20.3 Å². The number of hydrogen-bond donors (Lipinski definition) is 2. The molecule has 4 nitrogen and oxygen atoms in total. The summed E-state index contributed by atoms with van der Waals surface area (Å²) in [5.41, 5.74) is 4.34. The van der Waals surface area contributed by atoms with E-state index in [-0.39, 0.29) is 12.0 Å². The molecule has 12 heavy (non-hydrogen) atoms. The van der Waals surface area contributed by atoms with E-state index in [1.807, 2.05) is 0 Å². The van der Waals surface area contributed by atoms with E-state index in [9.17, 15) is 9.59 Å². The van der Waals surface area contributed by atoms with Gasteiger partial charge in [-0.15, -0.1) is 0 Å². The van der Waals surface area contributed by atoms with Crippen LogP contribution in [0.5, 0.6) is 0 Å². The lowest BCUT2D eigenvalue weighted by Crippen LogP contribution is -2.28. The van der Waals surface area contributed by atoms with Gasteiger partial charge < -0.3 is 10.8 Å². The molecule has 0 heterocycles. The Morgan fingerprint density at radius 2 is 1.92 bits per heavy atom. The van der Waals surface area contributed by atoms with Gasteiger partial charge in [-0.05, 0) is 0 Å². The van der Waals surface area contributed by atoms with Crippen molar-refractivity contribution in [3.05, 3.63) is 12.2 Å². The smallest absolute Gasteiger partial charge is 0.304 e. The summed E-state index contributed by atoms with van der Waals surface area (Å²) >= 11 is 0. The summed E-state index contributed by atoms with van der Waals surface area (Å²) in [6, 6.07) is 0. The predicted octanol–water partition coefficient (Wildman–Crippen LogP) is 0.529. The molecule has 3 N–H and O–H groups in total. The highest BCUT2D eigenvalue weighted by Gasteiger charge is 2.28. The Hall–Kier alpha value is -1.32. The van der Waals surface area contributed by atoms with Crippen LogP contribution in [0.2, 0.25) is 0 Å². The summed E-state index contributed by atoms with van der Waals surface area (Å²) in [6.45, 7) is 6.68. The van der Waals surface area contributed by atoms with E-state index in [0.717, 1.165) is 0 Å². The number of carboxylic acid groups (broad SMARTS) is 1. The summed E-state index contributed by atoms with van der Waals surface area (Å²) in [5.74, 6) is -1.62. The molecule has 1 amide bonds. The van der Waals surface area contributed by atoms with Crippen LogP contribution >= 0.6 is 0 Å². The van der Waals surface area contributed by atoms with Gasteiger partial charge >= 0.3 is 5.97 Å². The summed E-state index contributed by atoms with van der Waals surface area (Å²) < 4.78 is 0. The maximum Gasteiger partial charge on any atom is 0.304 e. The van der Waals surface area contributed by atoms with Crippen LogP contribution in [-0.2, 0) is 9.59 Å². The molecule has 0 aliphatic heterocycles. The number of amides is 1. The molecule has 0 aromatic heterocycles. The Labute approximate surface area is 71.1 Å². The average Bonchev–Trinajstić information content (AvgIpc) is 1.82. The van der Waals surface area contributed by atoms with Crippen molar-refractivity contribution >= 4 is 11.9 Å². The number of rotatable bonds is 4. The van der Waals surface area contributed by atoms with E-state index in [1.165, 1.54) is 0 Å². The first-order valence-electron chi connectivity index (χ1n) is 3.48. The number of nitrogens with two attached hydrogens (primary N) is 1. The Balaban J connectivity index is 4.50. The first-order valence-corrected chi connectivity index (χ1v) is 3.48. The van der Waals surface area contributed by atoms with Gasteiger partial charge in [0.05, 0.1) is 6.42 Å². The Morgan fingerprint density at radius 1 is 1.50 bits per heavy atom. The molecule has 0 aromatic carbocycles. The van der Waals surface area contributed by atoms with Gasteiger partial charge in [0.15, 0.2) is 0 Å². The van der Waals surface area contributed by atoms with Crippen molar-refractivity contribution in [3.8, 4) is 0 Å². The topological polar surface area (TPSA) is 80.4 Å². The van der Waals surface area contributed by atoms with Gasteiger partial charge in [-0.1, -0.05) is 20.4 Å². The second-order valence-corrected chi connectivity index (χ2v) is 3.30. The van der Waals surface area contributed by atoms with Crippen LogP contribution in [0.1, 0.15) is 20.3 Å². The van der Waals surface area contributed by atoms with Gasteiger partial charge in [0.1, 0.15) is 0 Å². The van der Waals surface area contributed by atoms with Gasteiger partial charge in [-0.3, -0.25) is 9.59 Å². The molecule has 0 rings (SSSR count). The number of hydrogen-bond acceptors (Lipinski definition) is 2. The fourth-order valence-corrected chi connectivity index (χ4v) is 0.818. The standard InChI is InChI=1S/C8H13NO3/c1-5(7(9)12)8(2,3)4-6(10)11/h1,4H2,2-3H3,(H2,9,12)(H,10,11). The number of carbonyl (C=O) groups excluding carboxylic acids is 1. The van der Waals surface area contributed by atoms with E-state index in [1.54, 1.807) is 13.8 Å². The molecule has 0 atom stereocenters. The lowest BCUT2D eigenvalue weighted by atomic mass is 9.81. The Kier molecular flexibility index (Phi) is 3.01. The van der Waals surface area contributed by atoms with E-state index >= 15 is 0 Å². The van der Waals surface area contributed by atoms with Gasteiger partial charge in [0.25, 0.3) is 0 Å². The Bertz CT molecular complexity index is 230. The Morgan fingerprint density at radius 3 is 2.17 bits per heavy atom. The zero-order valence-corrected chi connectivity index (χ0v) is 7.26. The SMILES string of the molecule is C=C(C(N)=O)C(C)(C)CC(=O)O. The van der Waals surface area contributed by atoms with Crippen LogP contribution in [0, 0.1) is 5.41 Å². The average molecular weight is 171 g/mol. The fourth-order valence-electron chi connectivity index (χ4n) is 0.818. The first kappa shape index (κ1) is 10.7. The lowest BCUT2D eigenvalue weighted by molar-refractivity contribution is -0.138. The molecule has 0 aliphatic rings. The summed E-state index contributed by atoms with van der Waals surface area (Å²) in [5, 5.41) is 8.49. The molecule has 0 aromatic rings. The van der Waals surface area contributed by atoms with Crippen LogP contribution in [-0.4, -0.2) is 17.0 Å². The fraction of sp³-hybridized carbons (Fsp3) is 0.500. The highest BCUT2D eigenvalue weighted by molar-refractivity contribution is 5.93. The third kappa shape index (κ3) is 2.74. The van der Waals surface area contributed by atoms with Crippen molar-refractivity contribution in [1.29, 1.82) is 0 Å². The van der Waals surface area contributed by atoms with E-state index in [2.05, 4.69) is 6.58 Å². The number of aliphatic carboxylic acids is 1. The molecule has 4 heteroatoms. The van der Waals surface area contributed by atoms with Gasteiger partial charge in [0.2, 0.25) is 5.91 Å². The van der Waals surface area contributed by atoms with Crippen LogP contribution < -0.4 is 5.73 Å². The third-order valence-electron chi connectivity index (χ3n) is 1.71. The van der Waals surface area contributed by atoms with Gasteiger partial charge in [-0.25, -0.2) is 0 Å². The molecule has 0 saturated carbocycles. The molecule has 0 radical (unpaired) electrons. The number of carboxylic acids is 1. The minimum Gasteiger partial charge on any atom is -0.481 e. The van der Waals surface area contributed by atoms with Crippen LogP contribution in [0.3, 0.4) is 0 Å². The molecule has 0 spiro atoms. The first-order chi connectivity index (χ1) is 5.27. The van der Waals surface area contributed by atoms with E-state index in [4.69, 9.17) is 10.8 Å². The van der Waals surface area contributed by atoms with Gasteiger partial charge in [0, 0.05) is 11.0 Å². The van der Waals surface area contributed by atoms with Crippen LogP contribution in [0.4, 0.5) is 0 Å². The molecule has 0 bridgehead atoms. The minimum atomic E-state index is -0.970. The second-order valence-electron chi connectivity index (χ2n) is 3.30. The molecular formula is C8H13NO3. The molecular weight excluding hydrogens is 158 g/mol. The third-order valence-corrected chi connectivity index (χ3v) is 1.71. The van der Waals surface area contributed by atoms with Crippen LogP contribution in [0.15, 0.2) is 12.2 Å². The lowest BCUT2D eigenvalue weighted by Gasteiger charge is -2.22. The summed E-state index contributed by atoms with van der Waals surface area (Å²) in [6.07, 6.45) is -0.144. The van der Waals surface area contributed by atoms with E-state index in [0.29, 0.717) is 0 Å². The maximum atomic E-state index is 10.7. The summed E-state index contributed by atoms with van der Waals surface area (Å²) in [4.78, 5) is 21.0. The maximum absolute atomic E-state index is 10.7. The second kappa shape index (κ2) is 3.38. The number of carbonyl (C=O) groups is 2. The summed E-state index contributed by atoms with van der Waals surface area (Å²) in [7, 11) is 0. The normalized spacial score (nSPS) is 10.8. The molecule has 0 fully saturated rings. The molecule has 68 valence electrons. The largest absolute Gasteiger partial charge is 0.481 e. The van der Waals surface area contributed by atoms with Crippen molar-refractivity contribution in [3.63, 3.8) is 0 Å². The zero-order chi connectivity index (χ0) is 9.94. The number of primary amides is 1. The monoisotopic (exact) mass is 171 g/mol. The van der Waals surface area contributed by atoms with E-state index < -0.39 is 17.3 Å². The zero-order valence-electron chi connectivity index (χ0n) is 7.26. The van der Waals surface area contributed by atoms with Gasteiger partial charge in [-0.2, -0.15) is 0 Å². The molecule has 0 unspecified atom stereocenters. The molecule has 0 saturated heterocycles. The van der Waals surface area contributed by atoms with Crippen LogP contribution in [0.25, 0.3) is 0 Å². The highest BCUT2D eigenvalue weighted by Crippen LogP contribution is 2.28. The minimum absolute atomic E-state index is 0.143. The van der Waals surface area contributed by atoms with Crippen molar-refractivity contribution in [1.82, 2.24) is 0 Å². The molecule has 0 aliphatic carbocycles. The van der Waals surface area contributed by atoms with Crippen molar-refractivity contribution in [2.24, 2.45) is 11.1 Å². The highest BCUT2D eigenvalue weighted by atomic mass is 16.4. The van der Waals surface area contributed by atoms with Crippen molar-refractivity contribution < 1.29 is 14.7 Å².